The molecule has 0 spiro atoms. The number of aromatic nitrogens is 1. The highest BCUT2D eigenvalue weighted by molar-refractivity contribution is 6.09. The highest BCUT2D eigenvalue weighted by atomic mass is 16.3. The summed E-state index contributed by atoms with van der Waals surface area (Å²) in [5.74, 6) is 0. The minimum absolute atomic E-state index is 0.0568. The van der Waals surface area contributed by atoms with Gasteiger partial charge in [0.2, 0.25) is 0 Å². The second kappa shape index (κ2) is 8.22. The van der Waals surface area contributed by atoms with Crippen LogP contribution in [0.25, 0.3) is 71.7 Å². The van der Waals surface area contributed by atoms with Crippen molar-refractivity contribution in [1.29, 1.82) is 0 Å². The molecular weight excluding hydrogens is 462 g/mol. The van der Waals surface area contributed by atoms with Crippen molar-refractivity contribution in [3.05, 3.63) is 139 Å². The fourth-order valence-electron chi connectivity index (χ4n) is 5.29. The van der Waals surface area contributed by atoms with Crippen molar-refractivity contribution in [2.24, 2.45) is 0 Å². The summed E-state index contributed by atoms with van der Waals surface area (Å²) in [4.78, 5) is 0. The van der Waals surface area contributed by atoms with E-state index in [-0.39, 0.29) is 46.0 Å². The average Bonchev–Trinajstić information content (AvgIpc) is 3.64. The third kappa shape index (κ3) is 3.21. The van der Waals surface area contributed by atoms with Gasteiger partial charge in [0, 0.05) is 27.2 Å². The number of hydrogen-bond donors (Lipinski definition) is 0. The molecule has 0 bridgehead atoms. The third-order valence-electron chi connectivity index (χ3n) is 7.04. The van der Waals surface area contributed by atoms with E-state index in [0.29, 0.717) is 5.69 Å². The lowest BCUT2D eigenvalue weighted by atomic mass is 9.98. The van der Waals surface area contributed by atoms with Gasteiger partial charge in [-0.05, 0) is 70.7 Å². The van der Waals surface area contributed by atoms with Gasteiger partial charge in [-0.2, -0.15) is 0 Å². The molecule has 0 aliphatic carbocycles. The van der Waals surface area contributed by atoms with Crippen LogP contribution in [0.4, 0.5) is 0 Å². The molecule has 0 radical (unpaired) electrons. The van der Waals surface area contributed by atoms with Gasteiger partial charge in [-0.25, -0.2) is 0 Å². The van der Waals surface area contributed by atoms with Gasteiger partial charge in [0.25, 0.3) is 0 Å². The first-order valence-electron chi connectivity index (χ1n) is 16.3. The van der Waals surface area contributed by atoms with Gasteiger partial charge < -0.3 is 8.98 Å². The SMILES string of the molecule is [2H]c1c([2H])c([2H])c2c(c1[2H])c1c([2H])c([2H])c([2H])c([2H])c1n2-c1cccc(-c2cccc(-c3ccc4c(c3)oc3ccccc34)c2)c1. The van der Waals surface area contributed by atoms with Crippen molar-refractivity contribution in [3.8, 4) is 27.9 Å². The van der Waals surface area contributed by atoms with Crippen LogP contribution in [0.15, 0.2) is 144 Å². The van der Waals surface area contributed by atoms with Crippen molar-refractivity contribution in [2.45, 2.75) is 0 Å². The molecule has 0 saturated heterocycles. The Balaban J connectivity index is 1.33. The summed E-state index contributed by atoms with van der Waals surface area (Å²) in [6, 6.07) is 26.4. The van der Waals surface area contributed by atoms with Gasteiger partial charge in [-0.1, -0.05) is 90.9 Å². The normalized spacial score (nSPS) is 14.6. The fourth-order valence-corrected chi connectivity index (χ4v) is 5.29. The first-order valence-corrected chi connectivity index (χ1v) is 12.3. The summed E-state index contributed by atoms with van der Waals surface area (Å²) >= 11 is 0. The lowest BCUT2D eigenvalue weighted by Crippen LogP contribution is -1.94. The van der Waals surface area contributed by atoms with Gasteiger partial charge >= 0.3 is 0 Å². The predicted octanol–water partition coefficient (Wildman–Crippen LogP) is 10.0. The van der Waals surface area contributed by atoms with Crippen molar-refractivity contribution >= 4 is 43.7 Å². The number of furan rings is 1. The van der Waals surface area contributed by atoms with E-state index in [0.717, 1.165) is 44.2 Å². The van der Waals surface area contributed by atoms with E-state index >= 15 is 0 Å². The number of fused-ring (bicyclic) bond motifs is 6. The molecule has 0 N–H and O–H groups in total. The van der Waals surface area contributed by atoms with Crippen LogP contribution in [0.5, 0.6) is 0 Å². The Morgan fingerprint density at radius 3 is 1.84 bits per heavy atom. The smallest absolute Gasteiger partial charge is 0.136 e. The minimum Gasteiger partial charge on any atom is -0.456 e. The Morgan fingerprint density at radius 1 is 0.474 bits per heavy atom. The zero-order chi connectivity index (χ0) is 32.0. The van der Waals surface area contributed by atoms with Crippen LogP contribution in [0, 0.1) is 0 Å². The van der Waals surface area contributed by atoms with E-state index in [1.807, 2.05) is 66.7 Å². The van der Waals surface area contributed by atoms with Crippen LogP contribution in [0.3, 0.4) is 0 Å². The van der Waals surface area contributed by atoms with Gasteiger partial charge in [-0.15, -0.1) is 0 Å². The lowest BCUT2D eigenvalue weighted by molar-refractivity contribution is 0.669. The monoisotopic (exact) mass is 493 g/mol. The third-order valence-corrected chi connectivity index (χ3v) is 7.04. The topological polar surface area (TPSA) is 18.1 Å². The van der Waals surface area contributed by atoms with E-state index in [4.69, 9.17) is 15.4 Å². The molecule has 0 aliphatic rings. The maximum atomic E-state index is 8.80. The second-order valence-electron chi connectivity index (χ2n) is 9.22. The van der Waals surface area contributed by atoms with Crippen LogP contribution in [0.1, 0.15) is 11.0 Å². The molecule has 0 amide bonds. The molecule has 0 fully saturated rings. The van der Waals surface area contributed by atoms with Gasteiger partial charge in [0.1, 0.15) is 11.2 Å². The highest BCUT2D eigenvalue weighted by Crippen LogP contribution is 2.35. The van der Waals surface area contributed by atoms with Gasteiger partial charge in [0.05, 0.1) is 22.0 Å². The molecule has 8 rings (SSSR count). The van der Waals surface area contributed by atoms with Gasteiger partial charge in [-0.3, -0.25) is 0 Å². The maximum Gasteiger partial charge on any atom is 0.136 e. The largest absolute Gasteiger partial charge is 0.456 e. The zero-order valence-corrected chi connectivity index (χ0v) is 20.0. The van der Waals surface area contributed by atoms with Crippen molar-refractivity contribution in [3.63, 3.8) is 0 Å². The van der Waals surface area contributed by atoms with Crippen molar-refractivity contribution in [1.82, 2.24) is 4.57 Å². The lowest BCUT2D eigenvalue weighted by Gasteiger charge is -2.11. The van der Waals surface area contributed by atoms with E-state index in [2.05, 4.69) is 18.2 Å². The standard InChI is InChI=1S/C36H23NO/c1-4-16-33-29(13-1)30-14-2-5-17-34(30)37(33)28-12-8-11-26(22-28)24-9-7-10-25(21-24)27-19-20-32-31-15-3-6-18-35(31)38-36(32)23-27/h1-23H/i1D,2D,4D,5D,13D,14D,16D,17D. The molecular formula is C36H23NO. The summed E-state index contributed by atoms with van der Waals surface area (Å²) in [6.45, 7) is 0. The van der Waals surface area contributed by atoms with Crippen molar-refractivity contribution in [2.75, 3.05) is 0 Å². The average molecular weight is 494 g/mol. The van der Waals surface area contributed by atoms with E-state index in [9.17, 15) is 0 Å². The summed E-state index contributed by atoms with van der Waals surface area (Å²) in [7, 11) is 0. The first kappa shape index (κ1) is 14.6. The Bertz CT molecular complexity index is 2510. The molecule has 6 aromatic carbocycles. The molecule has 2 nitrogen and oxygen atoms in total. The first-order chi connectivity index (χ1) is 22.2. The van der Waals surface area contributed by atoms with E-state index in [1.165, 1.54) is 4.57 Å². The molecule has 2 heterocycles. The molecule has 2 aromatic heterocycles. The van der Waals surface area contributed by atoms with E-state index < -0.39 is 24.2 Å². The van der Waals surface area contributed by atoms with E-state index in [1.54, 1.807) is 6.07 Å². The molecule has 8 aromatic rings. The molecule has 0 unspecified atom stereocenters. The molecule has 178 valence electrons. The quantitative estimate of drug-likeness (QED) is 0.239. The number of benzene rings is 6. The van der Waals surface area contributed by atoms with Crippen LogP contribution < -0.4 is 0 Å². The summed E-state index contributed by atoms with van der Waals surface area (Å²) in [5.41, 5.74) is 6.00. The molecule has 38 heavy (non-hydrogen) atoms. The summed E-state index contributed by atoms with van der Waals surface area (Å²) in [6.07, 6.45) is 0. The van der Waals surface area contributed by atoms with Crippen molar-refractivity contribution < 1.29 is 15.4 Å². The molecule has 0 saturated carbocycles. The Morgan fingerprint density at radius 2 is 1.08 bits per heavy atom. The zero-order valence-electron chi connectivity index (χ0n) is 28.0. The highest BCUT2D eigenvalue weighted by Gasteiger charge is 2.13. The van der Waals surface area contributed by atoms with Crippen LogP contribution in [-0.4, -0.2) is 4.57 Å². The molecule has 0 aliphatic heterocycles. The maximum absolute atomic E-state index is 8.80. The second-order valence-corrected chi connectivity index (χ2v) is 9.22. The number of para-hydroxylation sites is 3. The number of hydrogen-bond acceptors (Lipinski definition) is 1. The Kier molecular flexibility index (Phi) is 3.16. The van der Waals surface area contributed by atoms with Crippen LogP contribution in [-0.2, 0) is 0 Å². The minimum atomic E-state index is -0.463. The van der Waals surface area contributed by atoms with Gasteiger partial charge in [0.15, 0.2) is 0 Å². The fraction of sp³-hybridized carbons (Fsp3) is 0. The van der Waals surface area contributed by atoms with Crippen LogP contribution >= 0.6 is 0 Å². The summed E-state index contributed by atoms with van der Waals surface area (Å²) in [5, 5.41) is 2.22. The Hall–Kier alpha value is -5.08. The number of nitrogens with zero attached hydrogens (tertiary/aromatic N) is 1. The Labute approximate surface area is 231 Å². The number of rotatable bonds is 3. The molecule has 2 heteroatoms. The molecule has 0 atom stereocenters. The van der Waals surface area contributed by atoms with Crippen LogP contribution in [0.2, 0.25) is 0 Å². The predicted molar refractivity (Wildman–Crippen MR) is 159 cm³/mol. The summed E-state index contributed by atoms with van der Waals surface area (Å²) < 4.78 is 75.9.